The van der Waals surface area contributed by atoms with Crippen molar-refractivity contribution in [1.29, 1.82) is 0 Å². The van der Waals surface area contributed by atoms with Crippen molar-refractivity contribution in [3.63, 3.8) is 0 Å². The van der Waals surface area contributed by atoms with Gasteiger partial charge in [-0.05, 0) is 80.6 Å². The topological polar surface area (TPSA) is 68.2 Å². The van der Waals surface area contributed by atoms with Gasteiger partial charge in [-0.1, -0.05) is 26.2 Å². The first kappa shape index (κ1) is 26.6. The third kappa shape index (κ3) is 7.05. The quantitative estimate of drug-likeness (QED) is 0.324. The van der Waals surface area contributed by atoms with E-state index in [0.717, 1.165) is 36.2 Å². The number of amides is 1. The second kappa shape index (κ2) is 11.7. The SMILES string of the molecule is CCCNC(=O)c1ccc(NC(c2cn(-c3ccc(OC(F)(F)F)cc3)nc2C)C2CCCCC2)cc1. The molecule has 9 heteroatoms. The summed E-state index contributed by atoms with van der Waals surface area (Å²) in [5, 5.41) is 11.2. The second-order valence-electron chi connectivity index (χ2n) is 9.51. The Hall–Kier alpha value is -3.49. The summed E-state index contributed by atoms with van der Waals surface area (Å²) in [7, 11) is 0. The molecule has 198 valence electrons. The molecule has 4 rings (SSSR count). The molecular formula is C28H33F3N4O2. The van der Waals surface area contributed by atoms with Crippen LogP contribution in [0.4, 0.5) is 18.9 Å². The molecule has 0 radical (unpaired) electrons. The number of carbonyl (C=O) groups is 1. The molecule has 0 aliphatic heterocycles. The molecule has 1 aliphatic rings. The van der Waals surface area contributed by atoms with Crippen LogP contribution in [0, 0.1) is 12.8 Å². The van der Waals surface area contributed by atoms with E-state index in [1.54, 1.807) is 16.8 Å². The van der Waals surface area contributed by atoms with E-state index in [-0.39, 0.29) is 17.7 Å². The summed E-state index contributed by atoms with van der Waals surface area (Å²) in [5.41, 5.74) is 4.09. The van der Waals surface area contributed by atoms with Gasteiger partial charge in [-0.3, -0.25) is 4.79 Å². The Morgan fingerprint density at radius 3 is 2.38 bits per heavy atom. The van der Waals surface area contributed by atoms with Gasteiger partial charge in [0.15, 0.2) is 0 Å². The summed E-state index contributed by atoms with van der Waals surface area (Å²) in [4.78, 5) is 12.3. The van der Waals surface area contributed by atoms with Crippen molar-refractivity contribution >= 4 is 11.6 Å². The number of hydrogen-bond acceptors (Lipinski definition) is 4. The minimum absolute atomic E-state index is 0.0154. The number of ether oxygens (including phenoxy) is 1. The van der Waals surface area contributed by atoms with Crippen molar-refractivity contribution in [1.82, 2.24) is 15.1 Å². The van der Waals surface area contributed by atoms with Crippen LogP contribution in [0.15, 0.2) is 54.7 Å². The molecule has 2 aromatic carbocycles. The number of aryl methyl sites for hydroxylation is 1. The van der Waals surface area contributed by atoms with Crippen LogP contribution in [0.5, 0.6) is 5.75 Å². The summed E-state index contributed by atoms with van der Waals surface area (Å²) in [6.07, 6.45) is 3.89. The van der Waals surface area contributed by atoms with Crippen LogP contribution in [0.2, 0.25) is 0 Å². The van der Waals surface area contributed by atoms with Gasteiger partial charge in [0.2, 0.25) is 0 Å². The summed E-state index contributed by atoms with van der Waals surface area (Å²) >= 11 is 0. The summed E-state index contributed by atoms with van der Waals surface area (Å²) < 4.78 is 43.2. The van der Waals surface area contributed by atoms with Gasteiger partial charge in [0.1, 0.15) is 5.75 Å². The van der Waals surface area contributed by atoms with Gasteiger partial charge in [-0.2, -0.15) is 5.10 Å². The Labute approximate surface area is 215 Å². The highest BCUT2D eigenvalue weighted by Gasteiger charge is 2.31. The van der Waals surface area contributed by atoms with Gasteiger partial charge < -0.3 is 15.4 Å². The lowest BCUT2D eigenvalue weighted by Gasteiger charge is -2.31. The molecule has 0 saturated heterocycles. The predicted octanol–water partition coefficient (Wildman–Crippen LogP) is 6.95. The van der Waals surface area contributed by atoms with Gasteiger partial charge in [0, 0.05) is 29.6 Å². The van der Waals surface area contributed by atoms with Crippen LogP contribution in [-0.4, -0.2) is 28.6 Å². The maximum absolute atomic E-state index is 12.5. The van der Waals surface area contributed by atoms with E-state index < -0.39 is 6.36 Å². The average Bonchev–Trinajstić information content (AvgIpc) is 3.27. The minimum atomic E-state index is -4.73. The minimum Gasteiger partial charge on any atom is -0.406 e. The van der Waals surface area contributed by atoms with E-state index in [1.165, 1.54) is 31.4 Å². The highest BCUT2D eigenvalue weighted by molar-refractivity contribution is 5.94. The van der Waals surface area contributed by atoms with E-state index in [4.69, 9.17) is 0 Å². The van der Waals surface area contributed by atoms with Gasteiger partial charge in [0.25, 0.3) is 5.91 Å². The molecule has 0 bridgehead atoms. The molecule has 1 amide bonds. The molecule has 2 N–H and O–H groups in total. The first-order valence-corrected chi connectivity index (χ1v) is 12.8. The Morgan fingerprint density at radius 1 is 1.08 bits per heavy atom. The Morgan fingerprint density at radius 2 is 1.76 bits per heavy atom. The normalized spacial score (nSPS) is 15.3. The average molecular weight is 515 g/mol. The molecule has 3 aromatic rings. The zero-order chi connectivity index (χ0) is 26.4. The van der Waals surface area contributed by atoms with Crippen molar-refractivity contribution in [2.75, 3.05) is 11.9 Å². The molecular weight excluding hydrogens is 481 g/mol. The van der Waals surface area contributed by atoms with E-state index >= 15 is 0 Å². The number of hydrogen-bond donors (Lipinski definition) is 2. The summed E-state index contributed by atoms with van der Waals surface area (Å²) in [5.74, 6) is 0.0649. The number of carbonyl (C=O) groups excluding carboxylic acids is 1. The maximum atomic E-state index is 12.5. The number of benzene rings is 2. The third-order valence-corrected chi connectivity index (χ3v) is 6.73. The lowest BCUT2D eigenvalue weighted by atomic mass is 9.81. The van der Waals surface area contributed by atoms with E-state index in [0.29, 0.717) is 23.7 Å². The van der Waals surface area contributed by atoms with Crippen molar-refractivity contribution in [2.45, 2.75) is 64.8 Å². The zero-order valence-corrected chi connectivity index (χ0v) is 21.1. The zero-order valence-electron chi connectivity index (χ0n) is 21.1. The molecule has 1 fully saturated rings. The number of nitrogens with zero attached hydrogens (tertiary/aromatic N) is 2. The van der Waals surface area contributed by atoms with Gasteiger partial charge in [-0.25, -0.2) is 4.68 Å². The van der Waals surface area contributed by atoms with Crippen molar-refractivity contribution < 1.29 is 22.7 Å². The van der Waals surface area contributed by atoms with Crippen LogP contribution in [0.25, 0.3) is 5.69 Å². The molecule has 37 heavy (non-hydrogen) atoms. The lowest BCUT2D eigenvalue weighted by molar-refractivity contribution is -0.274. The van der Waals surface area contributed by atoms with Crippen LogP contribution in [0.1, 0.15) is 73.1 Å². The van der Waals surface area contributed by atoms with E-state index in [2.05, 4.69) is 20.5 Å². The summed E-state index contributed by atoms with van der Waals surface area (Å²) in [6, 6.07) is 13.2. The predicted molar refractivity (Wildman–Crippen MR) is 137 cm³/mol. The monoisotopic (exact) mass is 514 g/mol. The fourth-order valence-electron chi connectivity index (χ4n) is 4.87. The number of halogens is 3. The van der Waals surface area contributed by atoms with E-state index in [1.807, 2.05) is 44.3 Å². The van der Waals surface area contributed by atoms with Crippen LogP contribution < -0.4 is 15.4 Å². The summed E-state index contributed by atoms with van der Waals surface area (Å²) in [6.45, 7) is 4.61. The highest BCUT2D eigenvalue weighted by Crippen LogP contribution is 2.38. The van der Waals surface area contributed by atoms with Crippen molar-refractivity contribution in [3.8, 4) is 11.4 Å². The fraction of sp³-hybridized carbons (Fsp3) is 0.429. The first-order valence-electron chi connectivity index (χ1n) is 12.8. The number of rotatable bonds is 9. The van der Waals surface area contributed by atoms with Crippen LogP contribution >= 0.6 is 0 Å². The lowest BCUT2D eigenvalue weighted by Crippen LogP contribution is -2.24. The number of anilines is 1. The smallest absolute Gasteiger partial charge is 0.406 e. The standard InChI is InChI=1S/C28H33F3N4O2/c1-3-17-32-27(36)21-9-11-22(12-10-21)33-26(20-7-5-4-6-8-20)25-18-35(34-19(25)2)23-13-15-24(16-14-23)37-28(29,30)31/h9-16,18,20,26,33H,3-8,17H2,1-2H3,(H,32,36). The Bertz CT molecular complexity index is 1170. The molecule has 1 saturated carbocycles. The van der Waals surface area contributed by atoms with Crippen molar-refractivity contribution in [2.24, 2.45) is 5.92 Å². The molecule has 0 spiro atoms. The highest BCUT2D eigenvalue weighted by atomic mass is 19.4. The maximum Gasteiger partial charge on any atom is 0.573 e. The van der Waals surface area contributed by atoms with Gasteiger partial charge in [-0.15, -0.1) is 13.2 Å². The van der Waals surface area contributed by atoms with Crippen molar-refractivity contribution in [3.05, 3.63) is 71.5 Å². The molecule has 1 aliphatic carbocycles. The molecule has 1 atom stereocenters. The Balaban J connectivity index is 1.56. The first-order chi connectivity index (χ1) is 17.7. The molecule has 1 unspecified atom stereocenters. The second-order valence-corrected chi connectivity index (χ2v) is 9.51. The third-order valence-electron chi connectivity index (χ3n) is 6.73. The molecule has 6 nitrogen and oxygen atoms in total. The van der Waals surface area contributed by atoms with Crippen LogP contribution in [0.3, 0.4) is 0 Å². The number of aromatic nitrogens is 2. The van der Waals surface area contributed by atoms with E-state index in [9.17, 15) is 18.0 Å². The van der Waals surface area contributed by atoms with Gasteiger partial charge in [0.05, 0.1) is 17.4 Å². The van der Waals surface area contributed by atoms with Gasteiger partial charge >= 0.3 is 6.36 Å². The number of nitrogens with one attached hydrogen (secondary N) is 2. The number of alkyl halides is 3. The molecule has 1 heterocycles. The largest absolute Gasteiger partial charge is 0.573 e. The molecule has 1 aromatic heterocycles. The van der Waals surface area contributed by atoms with Crippen LogP contribution in [-0.2, 0) is 0 Å². The fourth-order valence-corrected chi connectivity index (χ4v) is 4.87. The Kier molecular flexibility index (Phi) is 8.41.